The van der Waals surface area contributed by atoms with Crippen molar-refractivity contribution in [2.24, 2.45) is 11.8 Å². The standard InChI is InChI=1S/C16H24N2O/c1-2-15(19-9-1)12-17-5-7-18(8-6-17)16-11-13-3-4-14(16)10-13/h1-2,9,13-14,16H,3-8,10-12H2/p+2/t13-,14+,16-/m0/s1. The van der Waals surface area contributed by atoms with Crippen molar-refractivity contribution in [2.45, 2.75) is 38.3 Å². The molecule has 4 rings (SSSR count). The van der Waals surface area contributed by atoms with Gasteiger partial charge < -0.3 is 14.2 Å². The van der Waals surface area contributed by atoms with Gasteiger partial charge in [0.2, 0.25) is 0 Å². The van der Waals surface area contributed by atoms with Crippen molar-refractivity contribution < 1.29 is 14.2 Å². The molecule has 0 aromatic carbocycles. The first kappa shape index (κ1) is 12.0. The zero-order valence-corrected chi connectivity index (χ0v) is 11.7. The Bertz CT molecular complexity index is 408. The summed E-state index contributed by atoms with van der Waals surface area (Å²) >= 11 is 0. The van der Waals surface area contributed by atoms with Gasteiger partial charge in [-0.15, -0.1) is 0 Å². The summed E-state index contributed by atoms with van der Waals surface area (Å²) in [5.74, 6) is 3.32. The minimum atomic E-state index is 1.02. The van der Waals surface area contributed by atoms with Gasteiger partial charge in [0.1, 0.15) is 32.7 Å². The second-order valence-electron chi connectivity index (χ2n) is 6.95. The third-order valence-corrected chi connectivity index (χ3v) is 5.87. The molecule has 0 spiro atoms. The summed E-state index contributed by atoms with van der Waals surface area (Å²) < 4.78 is 5.48. The number of nitrogens with one attached hydrogen (secondary N) is 2. The SMILES string of the molecule is c1coc(C[NH+]2CC[NH+]([C@H]3C[C@H]4CC[C@@H]3C4)CC2)c1. The third kappa shape index (κ3) is 2.34. The van der Waals surface area contributed by atoms with E-state index in [4.69, 9.17) is 4.42 Å². The van der Waals surface area contributed by atoms with Gasteiger partial charge in [-0.25, -0.2) is 0 Å². The fourth-order valence-corrected chi connectivity index (χ4v) is 4.88. The van der Waals surface area contributed by atoms with Gasteiger partial charge in [0.25, 0.3) is 0 Å². The summed E-state index contributed by atoms with van der Waals surface area (Å²) in [4.78, 5) is 3.64. The van der Waals surface area contributed by atoms with Crippen LogP contribution in [0.15, 0.2) is 22.8 Å². The molecule has 1 aromatic rings. The van der Waals surface area contributed by atoms with Crippen LogP contribution in [0.25, 0.3) is 0 Å². The van der Waals surface area contributed by atoms with E-state index in [2.05, 4.69) is 6.07 Å². The minimum Gasteiger partial charge on any atom is -0.463 e. The van der Waals surface area contributed by atoms with E-state index in [9.17, 15) is 0 Å². The maximum Gasteiger partial charge on any atom is 0.157 e. The normalized spacial score (nSPS) is 41.8. The first-order chi connectivity index (χ1) is 9.38. The molecule has 19 heavy (non-hydrogen) atoms. The first-order valence-corrected chi connectivity index (χ1v) is 8.09. The average molecular weight is 262 g/mol. The molecule has 3 nitrogen and oxygen atoms in total. The summed E-state index contributed by atoms with van der Waals surface area (Å²) in [6.45, 7) is 6.48. The van der Waals surface area contributed by atoms with Crippen LogP contribution >= 0.6 is 0 Å². The van der Waals surface area contributed by atoms with Crippen molar-refractivity contribution in [2.75, 3.05) is 26.2 Å². The summed E-state index contributed by atoms with van der Waals surface area (Å²) in [5, 5.41) is 0. The van der Waals surface area contributed by atoms with Crippen molar-refractivity contribution in [3.05, 3.63) is 24.2 Å². The van der Waals surface area contributed by atoms with Gasteiger partial charge in [-0.2, -0.15) is 0 Å². The highest BCUT2D eigenvalue weighted by Gasteiger charge is 2.46. The van der Waals surface area contributed by atoms with Crippen LogP contribution in [0.2, 0.25) is 0 Å². The summed E-state index contributed by atoms with van der Waals surface area (Å²) in [7, 11) is 0. The van der Waals surface area contributed by atoms with Crippen LogP contribution in [0, 0.1) is 11.8 Å². The van der Waals surface area contributed by atoms with E-state index < -0.39 is 0 Å². The molecule has 2 heterocycles. The summed E-state index contributed by atoms with van der Waals surface area (Å²) in [6.07, 6.45) is 7.95. The predicted octanol–water partition coefficient (Wildman–Crippen LogP) is -0.248. The van der Waals surface area contributed by atoms with Crippen molar-refractivity contribution in [1.29, 1.82) is 0 Å². The lowest BCUT2D eigenvalue weighted by atomic mass is 9.93. The third-order valence-electron chi connectivity index (χ3n) is 5.87. The molecule has 0 unspecified atom stereocenters. The van der Waals surface area contributed by atoms with Crippen LogP contribution in [0.1, 0.15) is 31.4 Å². The van der Waals surface area contributed by atoms with Crippen molar-refractivity contribution >= 4 is 0 Å². The molecule has 1 aliphatic heterocycles. The van der Waals surface area contributed by atoms with Crippen LogP contribution in [0.3, 0.4) is 0 Å². The molecule has 1 saturated heterocycles. The smallest absolute Gasteiger partial charge is 0.157 e. The van der Waals surface area contributed by atoms with E-state index in [0.717, 1.165) is 30.2 Å². The molecule has 2 bridgehead atoms. The molecule has 2 aliphatic carbocycles. The zero-order chi connectivity index (χ0) is 12.7. The van der Waals surface area contributed by atoms with Gasteiger partial charge >= 0.3 is 0 Å². The van der Waals surface area contributed by atoms with E-state index in [1.54, 1.807) is 17.6 Å². The van der Waals surface area contributed by atoms with E-state index in [1.807, 2.05) is 11.0 Å². The number of quaternary nitrogens is 2. The van der Waals surface area contributed by atoms with Crippen molar-refractivity contribution in [3.63, 3.8) is 0 Å². The van der Waals surface area contributed by atoms with Crippen LogP contribution in [-0.2, 0) is 6.54 Å². The van der Waals surface area contributed by atoms with Gasteiger partial charge in [-0.1, -0.05) is 0 Å². The van der Waals surface area contributed by atoms with Crippen molar-refractivity contribution in [3.8, 4) is 0 Å². The lowest BCUT2D eigenvalue weighted by Crippen LogP contribution is -3.29. The molecule has 2 N–H and O–H groups in total. The molecule has 2 saturated carbocycles. The quantitative estimate of drug-likeness (QED) is 0.771. The van der Waals surface area contributed by atoms with Crippen LogP contribution in [0.4, 0.5) is 0 Å². The maximum atomic E-state index is 5.48. The van der Waals surface area contributed by atoms with Gasteiger partial charge in [-0.3, -0.25) is 0 Å². The topological polar surface area (TPSA) is 22.0 Å². The minimum absolute atomic E-state index is 1.02. The fraction of sp³-hybridized carbons (Fsp3) is 0.750. The molecule has 0 radical (unpaired) electrons. The van der Waals surface area contributed by atoms with E-state index in [0.29, 0.717) is 0 Å². The van der Waals surface area contributed by atoms with Gasteiger partial charge in [0.15, 0.2) is 5.76 Å². The van der Waals surface area contributed by atoms with Crippen LogP contribution in [-0.4, -0.2) is 32.2 Å². The number of fused-ring (bicyclic) bond motifs is 2. The highest BCUT2D eigenvalue weighted by atomic mass is 16.3. The highest BCUT2D eigenvalue weighted by Crippen LogP contribution is 2.43. The second-order valence-corrected chi connectivity index (χ2v) is 6.95. The van der Waals surface area contributed by atoms with Crippen molar-refractivity contribution in [1.82, 2.24) is 0 Å². The molecule has 3 fully saturated rings. The lowest BCUT2D eigenvalue weighted by molar-refractivity contribution is -1.03. The molecule has 3 aliphatic rings. The Morgan fingerprint density at radius 3 is 2.63 bits per heavy atom. The number of hydrogen-bond donors (Lipinski definition) is 2. The number of piperazine rings is 1. The molecule has 0 amide bonds. The van der Waals surface area contributed by atoms with Gasteiger partial charge in [0.05, 0.1) is 12.3 Å². The Morgan fingerprint density at radius 2 is 2.00 bits per heavy atom. The average Bonchev–Trinajstić information content (AvgIpc) is 3.16. The first-order valence-electron chi connectivity index (χ1n) is 8.09. The van der Waals surface area contributed by atoms with Crippen LogP contribution < -0.4 is 9.80 Å². The number of furan rings is 1. The Hall–Kier alpha value is -0.800. The van der Waals surface area contributed by atoms with Gasteiger partial charge in [0, 0.05) is 12.3 Å². The summed E-state index contributed by atoms with van der Waals surface area (Å²) in [5.41, 5.74) is 0. The lowest BCUT2D eigenvalue weighted by Gasteiger charge is -2.36. The maximum absolute atomic E-state index is 5.48. The fourth-order valence-electron chi connectivity index (χ4n) is 4.88. The molecule has 104 valence electrons. The molecular formula is C16H26N2O+2. The highest BCUT2D eigenvalue weighted by molar-refractivity contribution is 4.95. The predicted molar refractivity (Wildman–Crippen MR) is 73.0 cm³/mol. The Morgan fingerprint density at radius 1 is 1.11 bits per heavy atom. The molecule has 1 aromatic heterocycles. The van der Waals surface area contributed by atoms with Crippen LogP contribution in [0.5, 0.6) is 0 Å². The Kier molecular flexibility index (Phi) is 3.12. The van der Waals surface area contributed by atoms with E-state index in [-0.39, 0.29) is 0 Å². The van der Waals surface area contributed by atoms with Gasteiger partial charge in [-0.05, 0) is 37.3 Å². The molecule has 3 atom stereocenters. The second kappa shape index (κ2) is 4.95. The number of rotatable bonds is 3. The Balaban J connectivity index is 1.30. The van der Waals surface area contributed by atoms with E-state index >= 15 is 0 Å². The summed E-state index contributed by atoms with van der Waals surface area (Å²) in [6, 6.07) is 5.14. The molecule has 3 heteroatoms. The molecular weight excluding hydrogens is 236 g/mol. The zero-order valence-electron chi connectivity index (χ0n) is 11.7. The number of hydrogen-bond acceptors (Lipinski definition) is 1. The monoisotopic (exact) mass is 262 g/mol. The Labute approximate surface area is 115 Å². The largest absolute Gasteiger partial charge is 0.463 e. The van der Waals surface area contributed by atoms with E-state index in [1.165, 1.54) is 45.4 Å².